The smallest absolute Gasteiger partial charge is 0.0367 e. The number of allylic oxidation sites excluding steroid dienone is 1. The van der Waals surface area contributed by atoms with Gasteiger partial charge in [-0.15, -0.1) is 11.8 Å². The van der Waals surface area contributed by atoms with E-state index in [4.69, 9.17) is 0 Å². The van der Waals surface area contributed by atoms with Crippen molar-refractivity contribution in [3.05, 3.63) is 65.7 Å². The van der Waals surface area contributed by atoms with E-state index in [1.54, 1.807) is 11.1 Å². The van der Waals surface area contributed by atoms with Crippen molar-refractivity contribution in [1.82, 2.24) is 4.90 Å². The summed E-state index contributed by atoms with van der Waals surface area (Å²) < 4.78 is 0. The Bertz CT molecular complexity index is 759. The van der Waals surface area contributed by atoms with Gasteiger partial charge in [0.05, 0.1) is 0 Å². The summed E-state index contributed by atoms with van der Waals surface area (Å²) >= 11 is 1.82. The molecule has 1 aliphatic carbocycles. The Balaban J connectivity index is 1.43. The SMILES string of the molecule is CSc1ccc(C2=C(CN3CCN(c4ccccc4)CC3)CCCC2)cc1. The van der Waals surface area contributed by atoms with Crippen molar-refractivity contribution in [3.8, 4) is 0 Å². The van der Waals surface area contributed by atoms with Crippen LogP contribution in [0.25, 0.3) is 5.57 Å². The van der Waals surface area contributed by atoms with Crippen LogP contribution in [0.3, 0.4) is 0 Å². The summed E-state index contributed by atoms with van der Waals surface area (Å²) in [7, 11) is 0. The number of benzene rings is 2. The van der Waals surface area contributed by atoms with Gasteiger partial charge in [0.15, 0.2) is 0 Å². The first-order valence-electron chi connectivity index (χ1n) is 10.2. The number of hydrogen-bond donors (Lipinski definition) is 0. The van der Waals surface area contributed by atoms with Gasteiger partial charge in [-0.25, -0.2) is 0 Å². The van der Waals surface area contributed by atoms with Crippen LogP contribution in [0.4, 0.5) is 5.69 Å². The maximum Gasteiger partial charge on any atom is 0.0367 e. The Kier molecular flexibility index (Phi) is 6.21. The Hall–Kier alpha value is -1.71. The molecule has 0 spiro atoms. The molecule has 4 rings (SSSR count). The van der Waals surface area contributed by atoms with Gasteiger partial charge in [-0.05, 0) is 67.3 Å². The molecule has 0 radical (unpaired) electrons. The second-order valence-electron chi connectivity index (χ2n) is 7.62. The lowest BCUT2D eigenvalue weighted by Gasteiger charge is -2.37. The molecule has 1 saturated heterocycles. The lowest BCUT2D eigenvalue weighted by Crippen LogP contribution is -2.47. The maximum atomic E-state index is 2.66. The average Bonchev–Trinajstić information content (AvgIpc) is 2.75. The molecule has 0 amide bonds. The molecule has 0 N–H and O–H groups in total. The van der Waals surface area contributed by atoms with Crippen molar-refractivity contribution in [3.63, 3.8) is 0 Å². The van der Waals surface area contributed by atoms with E-state index in [1.165, 1.54) is 41.8 Å². The summed E-state index contributed by atoms with van der Waals surface area (Å²) in [6, 6.07) is 20.1. The molecular formula is C24H30N2S. The van der Waals surface area contributed by atoms with E-state index in [-0.39, 0.29) is 0 Å². The zero-order valence-corrected chi connectivity index (χ0v) is 17.2. The largest absolute Gasteiger partial charge is 0.369 e. The Morgan fingerprint density at radius 2 is 1.52 bits per heavy atom. The van der Waals surface area contributed by atoms with Crippen molar-refractivity contribution >= 4 is 23.0 Å². The molecule has 1 fully saturated rings. The van der Waals surface area contributed by atoms with E-state index in [0.29, 0.717) is 0 Å². The third kappa shape index (κ3) is 4.59. The molecular weight excluding hydrogens is 348 g/mol. The summed E-state index contributed by atoms with van der Waals surface area (Å²) in [4.78, 5) is 6.54. The quantitative estimate of drug-likeness (QED) is 0.629. The van der Waals surface area contributed by atoms with E-state index in [2.05, 4.69) is 70.7 Å². The van der Waals surface area contributed by atoms with Crippen LogP contribution in [0.1, 0.15) is 31.2 Å². The monoisotopic (exact) mass is 378 g/mol. The maximum absolute atomic E-state index is 2.66. The van der Waals surface area contributed by atoms with Crippen LogP contribution in [0.15, 0.2) is 65.1 Å². The Morgan fingerprint density at radius 1 is 0.815 bits per heavy atom. The van der Waals surface area contributed by atoms with Crippen LogP contribution in [0, 0.1) is 0 Å². The highest BCUT2D eigenvalue weighted by atomic mass is 32.2. The highest BCUT2D eigenvalue weighted by Crippen LogP contribution is 2.33. The van der Waals surface area contributed by atoms with Gasteiger partial charge in [-0.2, -0.15) is 0 Å². The molecule has 0 aromatic heterocycles. The molecule has 2 aromatic rings. The van der Waals surface area contributed by atoms with E-state index in [9.17, 15) is 0 Å². The second-order valence-corrected chi connectivity index (χ2v) is 8.50. The molecule has 2 aliphatic rings. The summed E-state index contributed by atoms with van der Waals surface area (Å²) in [5.74, 6) is 0. The first-order valence-corrected chi connectivity index (χ1v) is 11.4. The Morgan fingerprint density at radius 3 is 2.22 bits per heavy atom. The fraction of sp³-hybridized carbons (Fsp3) is 0.417. The fourth-order valence-corrected chi connectivity index (χ4v) is 4.76. The molecule has 2 nitrogen and oxygen atoms in total. The fourth-order valence-electron chi connectivity index (χ4n) is 4.36. The topological polar surface area (TPSA) is 6.48 Å². The first kappa shape index (κ1) is 18.6. The summed E-state index contributed by atoms with van der Waals surface area (Å²) in [6.07, 6.45) is 7.36. The van der Waals surface area contributed by atoms with Crippen molar-refractivity contribution in [2.24, 2.45) is 0 Å². The number of hydrogen-bond acceptors (Lipinski definition) is 3. The number of anilines is 1. The predicted octanol–water partition coefficient (Wildman–Crippen LogP) is 5.56. The molecule has 0 saturated carbocycles. The summed E-state index contributed by atoms with van der Waals surface area (Å²) in [6.45, 7) is 5.75. The van der Waals surface area contributed by atoms with Gasteiger partial charge in [-0.1, -0.05) is 35.9 Å². The summed E-state index contributed by atoms with van der Waals surface area (Å²) in [5, 5.41) is 0. The lowest BCUT2D eigenvalue weighted by molar-refractivity contribution is 0.275. The molecule has 3 heteroatoms. The zero-order chi connectivity index (χ0) is 18.5. The number of piperazine rings is 1. The highest BCUT2D eigenvalue weighted by molar-refractivity contribution is 7.98. The van der Waals surface area contributed by atoms with Crippen molar-refractivity contribution in [2.75, 3.05) is 43.9 Å². The van der Waals surface area contributed by atoms with Crippen LogP contribution < -0.4 is 4.90 Å². The third-order valence-corrected chi connectivity index (χ3v) is 6.67. The minimum Gasteiger partial charge on any atom is -0.369 e. The molecule has 1 aliphatic heterocycles. The minimum atomic E-state index is 1.13. The van der Waals surface area contributed by atoms with E-state index >= 15 is 0 Å². The van der Waals surface area contributed by atoms with E-state index in [0.717, 1.165) is 32.7 Å². The number of nitrogens with zero attached hydrogens (tertiary/aromatic N) is 2. The van der Waals surface area contributed by atoms with Crippen LogP contribution in [-0.2, 0) is 0 Å². The number of thioether (sulfide) groups is 1. The zero-order valence-electron chi connectivity index (χ0n) is 16.4. The average molecular weight is 379 g/mol. The minimum absolute atomic E-state index is 1.13. The summed E-state index contributed by atoms with van der Waals surface area (Å²) in [5.41, 5.74) is 6.12. The molecule has 0 unspecified atom stereocenters. The van der Waals surface area contributed by atoms with Gasteiger partial charge >= 0.3 is 0 Å². The van der Waals surface area contributed by atoms with Gasteiger partial charge in [0.1, 0.15) is 0 Å². The molecule has 2 aromatic carbocycles. The van der Waals surface area contributed by atoms with Crippen LogP contribution in [0.5, 0.6) is 0 Å². The van der Waals surface area contributed by atoms with Crippen LogP contribution >= 0.6 is 11.8 Å². The van der Waals surface area contributed by atoms with Crippen LogP contribution in [-0.4, -0.2) is 43.9 Å². The second kappa shape index (κ2) is 8.99. The van der Waals surface area contributed by atoms with Gasteiger partial charge in [0.25, 0.3) is 0 Å². The Labute approximate surface area is 168 Å². The molecule has 0 atom stereocenters. The first-order chi connectivity index (χ1) is 13.3. The van der Waals surface area contributed by atoms with Crippen molar-refractivity contribution in [1.29, 1.82) is 0 Å². The van der Waals surface area contributed by atoms with Crippen LogP contribution in [0.2, 0.25) is 0 Å². The van der Waals surface area contributed by atoms with Gasteiger partial charge in [0, 0.05) is 43.3 Å². The molecule has 0 bridgehead atoms. The molecule has 1 heterocycles. The standard InChI is InChI=1S/C24H30N2S/c1-27-23-13-11-20(12-14-23)24-10-6-5-7-21(24)19-25-15-17-26(18-16-25)22-8-3-2-4-9-22/h2-4,8-9,11-14H,5-7,10,15-19H2,1H3. The van der Waals surface area contributed by atoms with Gasteiger partial charge in [0.2, 0.25) is 0 Å². The van der Waals surface area contributed by atoms with Crippen molar-refractivity contribution in [2.45, 2.75) is 30.6 Å². The highest BCUT2D eigenvalue weighted by Gasteiger charge is 2.21. The lowest BCUT2D eigenvalue weighted by atomic mass is 9.87. The van der Waals surface area contributed by atoms with Gasteiger partial charge < -0.3 is 4.90 Å². The van der Waals surface area contributed by atoms with Crippen molar-refractivity contribution < 1.29 is 0 Å². The van der Waals surface area contributed by atoms with E-state index < -0.39 is 0 Å². The predicted molar refractivity (Wildman–Crippen MR) is 119 cm³/mol. The van der Waals surface area contributed by atoms with Gasteiger partial charge in [-0.3, -0.25) is 4.90 Å². The number of para-hydroxylation sites is 1. The normalized spacial score (nSPS) is 18.8. The molecule has 142 valence electrons. The van der Waals surface area contributed by atoms with E-state index in [1.807, 2.05) is 11.8 Å². The third-order valence-electron chi connectivity index (χ3n) is 5.93. The molecule has 27 heavy (non-hydrogen) atoms. The number of rotatable bonds is 5.